The summed E-state index contributed by atoms with van der Waals surface area (Å²) >= 11 is 1.44. The predicted octanol–water partition coefficient (Wildman–Crippen LogP) is 3.28. The van der Waals surface area contributed by atoms with Gasteiger partial charge in [0.15, 0.2) is 11.0 Å². The molecule has 4 rings (SSSR count). The lowest BCUT2D eigenvalue weighted by atomic mass is 10.1. The summed E-state index contributed by atoms with van der Waals surface area (Å²) in [7, 11) is 1.67. The number of carbonyl (C=O) groups excluding carboxylic acids is 1. The van der Waals surface area contributed by atoms with Crippen molar-refractivity contribution in [2.24, 2.45) is 0 Å². The third-order valence-electron chi connectivity index (χ3n) is 5.14. The van der Waals surface area contributed by atoms with Gasteiger partial charge in [-0.15, -0.1) is 10.2 Å². The molecule has 2 aromatic carbocycles. The number of amides is 1. The average Bonchev–Trinajstić information content (AvgIpc) is 3.24. The fourth-order valence-electron chi connectivity index (χ4n) is 3.50. The van der Waals surface area contributed by atoms with Crippen LogP contribution in [-0.4, -0.2) is 65.6 Å². The van der Waals surface area contributed by atoms with Crippen molar-refractivity contribution < 1.29 is 14.3 Å². The minimum Gasteiger partial charge on any atom is -0.383 e. The highest BCUT2D eigenvalue weighted by atomic mass is 32.2. The molecule has 0 N–H and O–H groups in total. The molecule has 31 heavy (non-hydrogen) atoms. The molecular weight excluding hydrogens is 412 g/mol. The summed E-state index contributed by atoms with van der Waals surface area (Å²) in [6.07, 6.45) is 0. The normalized spacial score (nSPS) is 15.1. The Labute approximate surface area is 186 Å². The molecule has 162 valence electrons. The van der Waals surface area contributed by atoms with Crippen molar-refractivity contribution in [2.75, 3.05) is 40.0 Å². The van der Waals surface area contributed by atoms with Crippen LogP contribution < -0.4 is 0 Å². The molecule has 1 saturated heterocycles. The van der Waals surface area contributed by atoms with Gasteiger partial charge in [0, 0.05) is 25.8 Å². The Kier molecular flexibility index (Phi) is 7.35. The van der Waals surface area contributed by atoms with Gasteiger partial charge in [0.25, 0.3) is 0 Å². The van der Waals surface area contributed by atoms with Crippen LogP contribution in [0.15, 0.2) is 65.8 Å². The number of rotatable bonds is 8. The fraction of sp³-hybridized carbons (Fsp3) is 0.348. The second-order valence-electron chi connectivity index (χ2n) is 7.16. The van der Waals surface area contributed by atoms with Gasteiger partial charge in [-0.2, -0.15) is 0 Å². The van der Waals surface area contributed by atoms with E-state index >= 15 is 0 Å². The van der Waals surface area contributed by atoms with Crippen molar-refractivity contribution in [3.8, 4) is 11.4 Å². The number of aromatic nitrogens is 3. The zero-order chi connectivity index (χ0) is 21.5. The highest BCUT2D eigenvalue weighted by Gasteiger charge is 2.30. The Morgan fingerprint density at radius 2 is 1.74 bits per heavy atom. The molecule has 1 aliphatic rings. The van der Waals surface area contributed by atoms with Crippen molar-refractivity contribution >= 4 is 17.7 Å². The summed E-state index contributed by atoms with van der Waals surface area (Å²) in [4.78, 5) is 15.3. The third kappa shape index (κ3) is 5.15. The molecule has 1 aliphatic heterocycles. The van der Waals surface area contributed by atoms with Gasteiger partial charge in [-0.3, -0.25) is 9.36 Å². The van der Waals surface area contributed by atoms with Gasteiger partial charge < -0.3 is 14.4 Å². The molecule has 1 fully saturated rings. The van der Waals surface area contributed by atoms with E-state index in [0.717, 1.165) is 17.0 Å². The number of methoxy groups -OCH3 is 1. The summed E-state index contributed by atoms with van der Waals surface area (Å²) in [6.45, 7) is 3.48. The first-order valence-electron chi connectivity index (χ1n) is 10.3. The maximum absolute atomic E-state index is 13.5. The van der Waals surface area contributed by atoms with E-state index in [-0.39, 0.29) is 5.91 Å². The second kappa shape index (κ2) is 10.6. The first kappa shape index (κ1) is 21.5. The standard InChI is InChI=1S/C23H26N4O3S/c1-29-15-14-27-21(19-10-6-3-7-11-19)24-25-23(27)31-20(18-8-4-2-5-9-18)22(28)26-12-16-30-17-13-26/h2-11,20H,12-17H2,1H3. The lowest BCUT2D eigenvalue weighted by molar-refractivity contribution is -0.134. The van der Waals surface area contributed by atoms with Crippen LogP contribution in [0.2, 0.25) is 0 Å². The van der Waals surface area contributed by atoms with Crippen LogP contribution in [0.3, 0.4) is 0 Å². The molecule has 7 nitrogen and oxygen atoms in total. The monoisotopic (exact) mass is 438 g/mol. The van der Waals surface area contributed by atoms with Crippen LogP contribution in [0.5, 0.6) is 0 Å². The van der Waals surface area contributed by atoms with E-state index in [0.29, 0.717) is 44.6 Å². The molecule has 1 amide bonds. The first-order chi connectivity index (χ1) is 15.3. The molecule has 0 bridgehead atoms. The Bertz CT molecular complexity index is 975. The SMILES string of the molecule is COCCn1c(SC(C(=O)N2CCOCC2)c2ccccc2)nnc1-c1ccccc1. The Hall–Kier alpha value is -2.68. The number of ether oxygens (including phenoxy) is 2. The Balaban J connectivity index is 1.67. The van der Waals surface area contributed by atoms with Gasteiger partial charge in [-0.1, -0.05) is 72.4 Å². The van der Waals surface area contributed by atoms with Crippen LogP contribution >= 0.6 is 11.8 Å². The van der Waals surface area contributed by atoms with Gasteiger partial charge in [-0.25, -0.2) is 0 Å². The molecule has 0 saturated carbocycles. The number of carbonyl (C=O) groups is 1. The lowest BCUT2D eigenvalue weighted by Gasteiger charge is -2.30. The smallest absolute Gasteiger partial charge is 0.240 e. The first-order valence-corrected chi connectivity index (χ1v) is 11.2. The molecule has 1 atom stereocenters. The minimum absolute atomic E-state index is 0.0713. The maximum Gasteiger partial charge on any atom is 0.240 e. The van der Waals surface area contributed by atoms with E-state index in [1.807, 2.05) is 70.1 Å². The van der Waals surface area contributed by atoms with Gasteiger partial charge >= 0.3 is 0 Å². The number of hydrogen-bond acceptors (Lipinski definition) is 6. The highest BCUT2D eigenvalue weighted by molar-refractivity contribution is 8.00. The largest absolute Gasteiger partial charge is 0.383 e. The lowest BCUT2D eigenvalue weighted by Crippen LogP contribution is -2.42. The number of benzene rings is 2. The summed E-state index contributed by atoms with van der Waals surface area (Å²) in [5.41, 5.74) is 1.93. The molecule has 0 spiro atoms. The molecule has 1 unspecified atom stereocenters. The molecule has 8 heteroatoms. The third-order valence-corrected chi connectivity index (χ3v) is 6.36. The topological polar surface area (TPSA) is 69.5 Å². The summed E-state index contributed by atoms with van der Waals surface area (Å²) in [5, 5.41) is 9.20. The Morgan fingerprint density at radius 1 is 1.06 bits per heavy atom. The van der Waals surface area contributed by atoms with Crippen molar-refractivity contribution in [3.63, 3.8) is 0 Å². The van der Waals surface area contributed by atoms with Crippen LogP contribution in [0, 0.1) is 0 Å². The van der Waals surface area contributed by atoms with Crippen LogP contribution in [-0.2, 0) is 20.8 Å². The van der Waals surface area contributed by atoms with Gasteiger partial charge in [0.2, 0.25) is 5.91 Å². The average molecular weight is 439 g/mol. The molecular formula is C23H26N4O3S. The second-order valence-corrected chi connectivity index (χ2v) is 8.24. The van der Waals surface area contributed by atoms with Crippen LogP contribution in [0.4, 0.5) is 0 Å². The van der Waals surface area contributed by atoms with E-state index < -0.39 is 5.25 Å². The van der Waals surface area contributed by atoms with Crippen LogP contribution in [0.25, 0.3) is 11.4 Å². The summed E-state index contributed by atoms with van der Waals surface area (Å²) < 4.78 is 12.8. The van der Waals surface area contributed by atoms with Crippen LogP contribution in [0.1, 0.15) is 10.8 Å². The number of morpholine rings is 1. The molecule has 0 aliphatic carbocycles. The predicted molar refractivity (Wildman–Crippen MR) is 120 cm³/mol. The van der Waals surface area contributed by atoms with Crippen molar-refractivity contribution in [3.05, 3.63) is 66.2 Å². The van der Waals surface area contributed by atoms with Crippen molar-refractivity contribution in [1.82, 2.24) is 19.7 Å². The summed E-state index contributed by atoms with van der Waals surface area (Å²) in [5.74, 6) is 0.841. The fourth-order valence-corrected chi connectivity index (χ4v) is 4.65. The maximum atomic E-state index is 13.5. The van der Waals surface area contributed by atoms with E-state index in [2.05, 4.69) is 10.2 Å². The number of thioether (sulfide) groups is 1. The van der Waals surface area contributed by atoms with Crippen molar-refractivity contribution in [1.29, 1.82) is 0 Å². The minimum atomic E-state index is -0.409. The summed E-state index contributed by atoms with van der Waals surface area (Å²) in [6, 6.07) is 19.8. The molecule has 2 heterocycles. The zero-order valence-corrected chi connectivity index (χ0v) is 18.3. The Morgan fingerprint density at radius 3 is 2.42 bits per heavy atom. The molecule has 0 radical (unpaired) electrons. The number of nitrogens with zero attached hydrogens (tertiary/aromatic N) is 4. The van der Waals surface area contributed by atoms with Gasteiger partial charge in [0.1, 0.15) is 5.25 Å². The zero-order valence-electron chi connectivity index (χ0n) is 17.5. The van der Waals surface area contributed by atoms with Gasteiger partial charge in [0.05, 0.1) is 26.4 Å². The van der Waals surface area contributed by atoms with E-state index in [4.69, 9.17) is 9.47 Å². The van der Waals surface area contributed by atoms with Gasteiger partial charge in [-0.05, 0) is 5.56 Å². The molecule has 1 aromatic heterocycles. The van der Waals surface area contributed by atoms with E-state index in [9.17, 15) is 4.79 Å². The molecule has 3 aromatic rings. The van der Waals surface area contributed by atoms with E-state index in [1.54, 1.807) is 7.11 Å². The van der Waals surface area contributed by atoms with Crippen molar-refractivity contribution in [2.45, 2.75) is 17.0 Å². The quantitative estimate of drug-likeness (QED) is 0.503. The van der Waals surface area contributed by atoms with E-state index in [1.165, 1.54) is 11.8 Å². The number of hydrogen-bond donors (Lipinski definition) is 0. The highest BCUT2D eigenvalue weighted by Crippen LogP contribution is 2.37.